The fourth-order valence-electron chi connectivity index (χ4n) is 2.02. The SMILES string of the molecule is Cc1ccc(C(O)(c2ccccc2F)C(F)(F)F)cc1. The summed E-state index contributed by atoms with van der Waals surface area (Å²) in [5, 5.41) is 10.2. The first-order valence-electron chi connectivity index (χ1n) is 5.88. The Bertz CT molecular complexity index is 604. The number of rotatable bonds is 2. The van der Waals surface area contributed by atoms with E-state index in [1.165, 1.54) is 24.3 Å². The maximum Gasteiger partial charge on any atom is 0.425 e. The third-order valence-corrected chi connectivity index (χ3v) is 3.14. The van der Waals surface area contributed by atoms with Crippen molar-refractivity contribution in [3.05, 3.63) is 71.0 Å². The van der Waals surface area contributed by atoms with Crippen LogP contribution in [0.15, 0.2) is 48.5 Å². The summed E-state index contributed by atoms with van der Waals surface area (Å²) in [5.41, 5.74) is -3.85. The summed E-state index contributed by atoms with van der Waals surface area (Å²) < 4.78 is 53.7. The van der Waals surface area contributed by atoms with E-state index in [-0.39, 0.29) is 0 Å². The summed E-state index contributed by atoms with van der Waals surface area (Å²) in [5.74, 6) is -1.10. The van der Waals surface area contributed by atoms with Crippen molar-refractivity contribution in [2.45, 2.75) is 18.7 Å². The van der Waals surface area contributed by atoms with Gasteiger partial charge < -0.3 is 5.11 Å². The average molecular weight is 284 g/mol. The summed E-state index contributed by atoms with van der Waals surface area (Å²) >= 11 is 0. The molecule has 0 aliphatic rings. The highest BCUT2D eigenvalue weighted by molar-refractivity contribution is 5.39. The molecule has 0 aromatic heterocycles. The van der Waals surface area contributed by atoms with Gasteiger partial charge in [0.1, 0.15) is 5.82 Å². The summed E-state index contributed by atoms with van der Waals surface area (Å²) in [6, 6.07) is 9.52. The molecule has 1 N–H and O–H groups in total. The van der Waals surface area contributed by atoms with Crippen molar-refractivity contribution in [3.8, 4) is 0 Å². The lowest BCUT2D eigenvalue weighted by molar-refractivity contribution is -0.249. The van der Waals surface area contributed by atoms with Crippen LogP contribution in [0.2, 0.25) is 0 Å². The van der Waals surface area contributed by atoms with E-state index in [2.05, 4.69) is 0 Å². The number of hydrogen-bond acceptors (Lipinski definition) is 1. The Kier molecular flexibility index (Phi) is 3.56. The number of aliphatic hydroxyl groups is 1. The second-order valence-corrected chi connectivity index (χ2v) is 4.55. The molecular weight excluding hydrogens is 272 g/mol. The summed E-state index contributed by atoms with van der Waals surface area (Å²) in [7, 11) is 0. The maximum atomic E-state index is 13.7. The predicted molar refractivity (Wildman–Crippen MR) is 66.6 cm³/mol. The molecule has 2 aromatic carbocycles. The third-order valence-electron chi connectivity index (χ3n) is 3.14. The molecule has 106 valence electrons. The lowest BCUT2D eigenvalue weighted by Crippen LogP contribution is -2.44. The fraction of sp³-hybridized carbons (Fsp3) is 0.200. The van der Waals surface area contributed by atoms with Crippen molar-refractivity contribution >= 4 is 0 Å². The third kappa shape index (κ3) is 2.29. The Labute approximate surface area is 113 Å². The number of benzene rings is 2. The standard InChI is InChI=1S/C15H12F4O/c1-10-6-8-11(9-7-10)14(20,15(17,18)19)12-4-2-3-5-13(12)16/h2-9,20H,1H3. The van der Waals surface area contributed by atoms with E-state index in [1.54, 1.807) is 6.92 Å². The minimum Gasteiger partial charge on any atom is -0.372 e. The van der Waals surface area contributed by atoms with Gasteiger partial charge in [-0.1, -0.05) is 48.0 Å². The summed E-state index contributed by atoms with van der Waals surface area (Å²) in [4.78, 5) is 0. The van der Waals surface area contributed by atoms with Gasteiger partial charge in [-0.25, -0.2) is 4.39 Å². The average Bonchev–Trinajstić information content (AvgIpc) is 2.38. The van der Waals surface area contributed by atoms with Gasteiger partial charge in [0.05, 0.1) is 0 Å². The van der Waals surface area contributed by atoms with Crippen molar-refractivity contribution in [1.82, 2.24) is 0 Å². The van der Waals surface area contributed by atoms with Crippen LogP contribution in [-0.4, -0.2) is 11.3 Å². The van der Waals surface area contributed by atoms with Gasteiger partial charge in [0.2, 0.25) is 5.60 Å². The van der Waals surface area contributed by atoms with Crippen LogP contribution in [0.3, 0.4) is 0 Å². The van der Waals surface area contributed by atoms with Gasteiger partial charge in [0, 0.05) is 5.56 Å². The number of aryl methyl sites for hydroxylation is 1. The van der Waals surface area contributed by atoms with Crippen LogP contribution in [0.5, 0.6) is 0 Å². The molecule has 0 aliphatic heterocycles. The summed E-state index contributed by atoms with van der Waals surface area (Å²) in [6.07, 6.45) is -5.04. The topological polar surface area (TPSA) is 20.2 Å². The molecule has 1 atom stereocenters. The summed E-state index contributed by atoms with van der Waals surface area (Å²) in [6.45, 7) is 1.71. The molecule has 2 aromatic rings. The van der Waals surface area contributed by atoms with Crippen LogP contribution < -0.4 is 0 Å². The molecule has 0 radical (unpaired) electrons. The molecule has 0 heterocycles. The second kappa shape index (κ2) is 4.90. The van der Waals surface area contributed by atoms with Crippen LogP contribution >= 0.6 is 0 Å². The van der Waals surface area contributed by atoms with Crippen LogP contribution in [-0.2, 0) is 5.60 Å². The van der Waals surface area contributed by atoms with E-state index < -0.39 is 28.7 Å². The molecule has 0 aliphatic carbocycles. The molecule has 0 saturated carbocycles. The van der Waals surface area contributed by atoms with E-state index in [0.717, 1.165) is 29.8 Å². The zero-order valence-electron chi connectivity index (χ0n) is 10.6. The van der Waals surface area contributed by atoms with Gasteiger partial charge in [-0.05, 0) is 18.6 Å². The maximum absolute atomic E-state index is 13.7. The monoisotopic (exact) mass is 284 g/mol. The van der Waals surface area contributed by atoms with Gasteiger partial charge in [-0.2, -0.15) is 13.2 Å². The van der Waals surface area contributed by atoms with Gasteiger partial charge in [-0.3, -0.25) is 0 Å². The van der Waals surface area contributed by atoms with E-state index in [0.29, 0.717) is 0 Å². The van der Waals surface area contributed by atoms with E-state index >= 15 is 0 Å². The molecule has 0 bridgehead atoms. The minimum absolute atomic E-state index is 0.416. The van der Waals surface area contributed by atoms with Crippen molar-refractivity contribution in [1.29, 1.82) is 0 Å². The molecular formula is C15H12F4O. The van der Waals surface area contributed by atoms with Crippen LogP contribution in [0, 0.1) is 12.7 Å². The predicted octanol–water partition coefficient (Wildman–Crippen LogP) is 3.93. The van der Waals surface area contributed by atoms with Gasteiger partial charge >= 0.3 is 6.18 Å². The van der Waals surface area contributed by atoms with Crippen molar-refractivity contribution in [2.24, 2.45) is 0 Å². The van der Waals surface area contributed by atoms with Gasteiger partial charge in [-0.15, -0.1) is 0 Å². The quantitative estimate of drug-likeness (QED) is 0.828. The second-order valence-electron chi connectivity index (χ2n) is 4.55. The minimum atomic E-state index is -5.04. The zero-order valence-corrected chi connectivity index (χ0v) is 10.6. The molecule has 5 heteroatoms. The Morgan fingerprint density at radius 3 is 1.95 bits per heavy atom. The van der Waals surface area contributed by atoms with E-state index in [9.17, 15) is 22.7 Å². The lowest BCUT2D eigenvalue weighted by Gasteiger charge is -2.31. The van der Waals surface area contributed by atoms with Crippen LogP contribution in [0.1, 0.15) is 16.7 Å². The lowest BCUT2D eigenvalue weighted by atomic mass is 9.85. The van der Waals surface area contributed by atoms with Crippen molar-refractivity contribution in [3.63, 3.8) is 0 Å². The molecule has 0 fully saturated rings. The van der Waals surface area contributed by atoms with Crippen molar-refractivity contribution < 1.29 is 22.7 Å². The van der Waals surface area contributed by atoms with E-state index in [4.69, 9.17) is 0 Å². The number of alkyl halides is 3. The Morgan fingerprint density at radius 1 is 0.900 bits per heavy atom. The van der Waals surface area contributed by atoms with Crippen LogP contribution in [0.25, 0.3) is 0 Å². The van der Waals surface area contributed by atoms with Gasteiger partial charge in [0.15, 0.2) is 0 Å². The van der Waals surface area contributed by atoms with Gasteiger partial charge in [0.25, 0.3) is 0 Å². The van der Waals surface area contributed by atoms with Crippen LogP contribution in [0.4, 0.5) is 17.6 Å². The smallest absolute Gasteiger partial charge is 0.372 e. The first kappa shape index (κ1) is 14.5. The molecule has 0 spiro atoms. The molecule has 1 nitrogen and oxygen atoms in total. The largest absolute Gasteiger partial charge is 0.425 e. The normalized spacial score (nSPS) is 14.9. The number of hydrogen-bond donors (Lipinski definition) is 1. The highest BCUT2D eigenvalue weighted by atomic mass is 19.4. The molecule has 0 saturated heterocycles. The highest BCUT2D eigenvalue weighted by Gasteiger charge is 2.57. The number of halogens is 4. The molecule has 20 heavy (non-hydrogen) atoms. The Morgan fingerprint density at radius 2 is 1.45 bits per heavy atom. The molecule has 1 unspecified atom stereocenters. The zero-order chi connectivity index (χ0) is 15.0. The fourth-order valence-corrected chi connectivity index (χ4v) is 2.02. The Hall–Kier alpha value is -1.88. The highest BCUT2D eigenvalue weighted by Crippen LogP contribution is 2.44. The molecule has 0 amide bonds. The first-order chi connectivity index (χ1) is 9.26. The van der Waals surface area contributed by atoms with E-state index in [1.807, 2.05) is 0 Å². The Balaban J connectivity index is 2.70. The molecule has 2 rings (SSSR count). The van der Waals surface area contributed by atoms with Crippen molar-refractivity contribution in [2.75, 3.05) is 0 Å². The first-order valence-corrected chi connectivity index (χ1v) is 5.88.